The van der Waals surface area contributed by atoms with Crippen LogP contribution >= 0.6 is 0 Å². The van der Waals surface area contributed by atoms with Gasteiger partial charge in [-0.05, 0) is 59.7 Å². The van der Waals surface area contributed by atoms with Crippen LogP contribution < -0.4 is 33.1 Å². The number of aryl methyl sites for hydroxylation is 4. The second-order valence-corrected chi connectivity index (χ2v) is 13.2. The van der Waals surface area contributed by atoms with Crippen molar-refractivity contribution in [2.75, 3.05) is 10.6 Å². The maximum Gasteiger partial charge on any atom is 0.332 e. The van der Waals surface area contributed by atoms with Crippen LogP contribution in [-0.2, 0) is 55.1 Å². The van der Waals surface area contributed by atoms with Crippen molar-refractivity contribution < 1.29 is 9.59 Å². The molecule has 4 aromatic heterocycles. The van der Waals surface area contributed by atoms with Crippen LogP contribution in [0.5, 0.6) is 0 Å². The molecule has 16 heteroatoms. The van der Waals surface area contributed by atoms with E-state index in [1.54, 1.807) is 85.9 Å². The Balaban J connectivity index is 0.962. The van der Waals surface area contributed by atoms with Crippen LogP contribution in [0, 0.1) is 0 Å². The first-order valence-electron chi connectivity index (χ1n) is 16.9. The Labute approximate surface area is 306 Å². The van der Waals surface area contributed by atoms with Gasteiger partial charge in [0.2, 0.25) is 0 Å². The number of aromatic nitrogens is 8. The first kappa shape index (κ1) is 35.3. The summed E-state index contributed by atoms with van der Waals surface area (Å²) in [6.07, 6.45) is 0.806. The van der Waals surface area contributed by atoms with Gasteiger partial charge in [0, 0.05) is 77.6 Å². The quantitative estimate of drug-likeness (QED) is 0.238. The maximum atomic E-state index is 13.0. The van der Waals surface area contributed by atoms with Crippen molar-refractivity contribution >= 4 is 45.5 Å². The number of fused-ring (bicyclic) bond motifs is 2. The second kappa shape index (κ2) is 13.5. The van der Waals surface area contributed by atoms with Crippen LogP contribution in [0.3, 0.4) is 0 Å². The van der Waals surface area contributed by atoms with Gasteiger partial charge in [0.15, 0.2) is 22.3 Å². The minimum Gasteiger partial charge on any atom is -0.325 e. The highest BCUT2D eigenvalue weighted by atomic mass is 16.2. The molecule has 2 N–H and O–H groups in total. The molecule has 0 saturated heterocycles. The average Bonchev–Trinajstić information content (AvgIpc) is 3.68. The third-order valence-corrected chi connectivity index (χ3v) is 9.69. The number of anilines is 2. The molecule has 0 aliphatic carbocycles. The van der Waals surface area contributed by atoms with E-state index >= 15 is 0 Å². The molecular weight excluding hydrogens is 692 g/mol. The zero-order chi connectivity index (χ0) is 38.6. The molecule has 0 saturated carbocycles. The zero-order valence-corrected chi connectivity index (χ0v) is 30.4. The van der Waals surface area contributed by atoms with Gasteiger partial charge in [-0.3, -0.25) is 37.4 Å². The number of imidazole rings is 2. The Morgan fingerprint density at radius 2 is 0.815 bits per heavy atom. The van der Waals surface area contributed by atoms with Crippen molar-refractivity contribution in [1.29, 1.82) is 0 Å². The zero-order valence-electron chi connectivity index (χ0n) is 30.4. The van der Waals surface area contributed by atoms with Crippen LogP contribution in [0.25, 0.3) is 22.3 Å². The van der Waals surface area contributed by atoms with Crippen molar-refractivity contribution in [2.45, 2.75) is 12.8 Å². The molecule has 16 nitrogen and oxygen atoms in total. The van der Waals surface area contributed by atoms with Gasteiger partial charge < -0.3 is 19.8 Å². The highest BCUT2D eigenvalue weighted by Crippen LogP contribution is 2.19. The molecule has 0 aliphatic rings. The molecule has 0 spiro atoms. The fourth-order valence-corrected chi connectivity index (χ4v) is 6.40. The van der Waals surface area contributed by atoms with Crippen molar-refractivity contribution in [3.8, 4) is 0 Å². The standard InChI is InChI=1S/C38H36N10O6/c1-43-27(41-31-29(43)35(51)47(5)37(53)45(31)3)19-21-7-15-25(16-8-21)39-33(49)23-11-13-24(14-12-23)34(50)40-26-17-9-22(10-18-26)20-28-42-32-30(44(28)2)36(52)48(6)38(54)46(32)4/h7-18H,19-20H2,1-6H3,(H,39,49)(H,40,50). The summed E-state index contributed by atoms with van der Waals surface area (Å²) in [6.45, 7) is 0. The lowest BCUT2D eigenvalue weighted by atomic mass is 10.1. The van der Waals surface area contributed by atoms with Gasteiger partial charge in [0.1, 0.15) is 11.6 Å². The molecule has 3 aromatic carbocycles. The third kappa shape index (κ3) is 6.12. The summed E-state index contributed by atoms with van der Waals surface area (Å²) in [5.74, 6) is 0.532. The predicted molar refractivity (Wildman–Crippen MR) is 203 cm³/mol. The minimum atomic E-state index is -0.445. The number of amides is 2. The number of rotatable bonds is 8. The summed E-state index contributed by atoms with van der Waals surface area (Å²) in [7, 11) is 9.51. The van der Waals surface area contributed by atoms with E-state index in [2.05, 4.69) is 20.6 Å². The van der Waals surface area contributed by atoms with Crippen LogP contribution in [-0.4, -0.2) is 49.2 Å². The number of carbonyl (C=O) groups excluding carboxylic acids is 2. The monoisotopic (exact) mass is 728 g/mol. The first-order valence-corrected chi connectivity index (χ1v) is 16.9. The Kier molecular flexibility index (Phi) is 8.80. The molecule has 274 valence electrons. The number of nitrogens with zero attached hydrogens (tertiary/aromatic N) is 8. The molecule has 0 unspecified atom stereocenters. The largest absolute Gasteiger partial charge is 0.332 e. The van der Waals surface area contributed by atoms with Crippen molar-refractivity contribution in [3.05, 3.63) is 148 Å². The number of carbonyl (C=O) groups is 2. The smallest absolute Gasteiger partial charge is 0.325 e. The summed E-state index contributed by atoms with van der Waals surface area (Å²) in [5.41, 5.74) is 3.28. The molecule has 54 heavy (non-hydrogen) atoms. The first-order chi connectivity index (χ1) is 25.7. The van der Waals surface area contributed by atoms with E-state index in [4.69, 9.17) is 0 Å². The predicted octanol–water partition coefficient (Wildman–Crippen LogP) is 1.94. The molecular formula is C38H36N10O6. The van der Waals surface area contributed by atoms with Crippen molar-refractivity contribution in [1.82, 2.24) is 37.4 Å². The van der Waals surface area contributed by atoms with Gasteiger partial charge in [-0.1, -0.05) is 24.3 Å². The van der Waals surface area contributed by atoms with Gasteiger partial charge in [-0.2, -0.15) is 0 Å². The van der Waals surface area contributed by atoms with E-state index in [1.807, 2.05) is 24.3 Å². The highest BCUT2D eigenvalue weighted by molar-refractivity contribution is 6.07. The molecule has 4 heterocycles. The Morgan fingerprint density at radius 3 is 1.15 bits per heavy atom. The van der Waals surface area contributed by atoms with Gasteiger partial charge in [-0.25, -0.2) is 19.6 Å². The van der Waals surface area contributed by atoms with Gasteiger partial charge in [0.25, 0.3) is 22.9 Å². The highest BCUT2D eigenvalue weighted by Gasteiger charge is 2.19. The maximum absolute atomic E-state index is 13.0. The minimum absolute atomic E-state index is 0.321. The normalized spacial score (nSPS) is 11.4. The van der Waals surface area contributed by atoms with Gasteiger partial charge in [0.05, 0.1) is 0 Å². The van der Waals surface area contributed by atoms with E-state index in [0.29, 0.717) is 69.3 Å². The SMILES string of the molecule is Cn1c(=O)c2c(nc(Cc3ccc(NC(=O)c4ccc(C(=O)Nc5ccc(Cc6nc7c(c(=O)n(C)c(=O)n7C)n6C)cc5)cc4)cc3)n2C)n(C)c1=O. The number of benzene rings is 3. The van der Waals surface area contributed by atoms with E-state index in [-0.39, 0.29) is 11.8 Å². The fraction of sp³-hybridized carbons (Fsp3) is 0.211. The Bertz CT molecular complexity index is 2690. The number of nitrogens with one attached hydrogen (secondary N) is 2. The van der Waals surface area contributed by atoms with Gasteiger partial charge in [-0.15, -0.1) is 0 Å². The van der Waals surface area contributed by atoms with Crippen LogP contribution in [0.1, 0.15) is 43.5 Å². The average molecular weight is 729 g/mol. The van der Waals surface area contributed by atoms with E-state index < -0.39 is 22.5 Å². The lowest BCUT2D eigenvalue weighted by Crippen LogP contribution is -2.37. The lowest BCUT2D eigenvalue weighted by molar-refractivity contribution is 0.101. The summed E-state index contributed by atoms with van der Waals surface area (Å²) in [6, 6.07) is 20.8. The Hall–Kier alpha value is -7.10. The second-order valence-electron chi connectivity index (χ2n) is 13.2. The number of hydrogen-bond donors (Lipinski definition) is 2. The van der Waals surface area contributed by atoms with Crippen molar-refractivity contribution in [2.24, 2.45) is 42.3 Å². The van der Waals surface area contributed by atoms with E-state index in [0.717, 1.165) is 20.3 Å². The van der Waals surface area contributed by atoms with E-state index in [9.17, 15) is 28.8 Å². The summed E-state index contributed by atoms with van der Waals surface area (Å²) in [5, 5.41) is 5.72. The lowest BCUT2D eigenvalue weighted by Gasteiger charge is -2.09. The molecule has 0 aliphatic heterocycles. The fourth-order valence-electron chi connectivity index (χ4n) is 6.40. The molecule has 7 aromatic rings. The van der Waals surface area contributed by atoms with Crippen LogP contribution in [0.15, 0.2) is 92.0 Å². The molecule has 7 rings (SSSR count). The summed E-state index contributed by atoms with van der Waals surface area (Å²) >= 11 is 0. The van der Waals surface area contributed by atoms with E-state index in [1.165, 1.54) is 23.2 Å². The topological polar surface area (TPSA) is 182 Å². The number of hydrogen-bond acceptors (Lipinski definition) is 8. The summed E-state index contributed by atoms with van der Waals surface area (Å²) in [4.78, 5) is 85.2. The molecule has 0 atom stereocenters. The molecule has 0 radical (unpaired) electrons. The molecule has 2 amide bonds. The van der Waals surface area contributed by atoms with Crippen LogP contribution in [0.4, 0.5) is 11.4 Å². The molecule has 0 bridgehead atoms. The van der Waals surface area contributed by atoms with Crippen LogP contribution in [0.2, 0.25) is 0 Å². The Morgan fingerprint density at radius 1 is 0.481 bits per heavy atom. The summed E-state index contributed by atoms with van der Waals surface area (Å²) < 4.78 is 8.20. The molecule has 0 fully saturated rings. The van der Waals surface area contributed by atoms with Crippen molar-refractivity contribution in [3.63, 3.8) is 0 Å². The third-order valence-electron chi connectivity index (χ3n) is 9.69. The van der Waals surface area contributed by atoms with Gasteiger partial charge >= 0.3 is 11.4 Å².